The molecule has 0 aliphatic carbocycles. The van der Waals surface area contributed by atoms with E-state index in [1.54, 1.807) is 13.8 Å². The lowest BCUT2D eigenvalue weighted by molar-refractivity contribution is -0.187. The van der Waals surface area contributed by atoms with Gasteiger partial charge in [-0.15, -0.1) is 0 Å². The van der Waals surface area contributed by atoms with Crippen molar-refractivity contribution < 1.29 is 24.9 Å². The number of hydrogen-bond acceptors (Lipinski definition) is 5. The van der Waals surface area contributed by atoms with E-state index < -0.39 is 36.4 Å². The molecule has 2 atom stereocenters. The number of aliphatic hydroxyl groups is 3. The highest BCUT2D eigenvalue weighted by Gasteiger charge is 2.52. The topological polar surface area (TPSA) is 110 Å². The van der Waals surface area contributed by atoms with Gasteiger partial charge in [0.15, 0.2) is 6.23 Å². The SMILES string of the molecule is CC(C)N1C(=O)NC(=O)C(O)(CO)C1O. The van der Waals surface area contributed by atoms with E-state index in [2.05, 4.69) is 0 Å². The van der Waals surface area contributed by atoms with E-state index in [9.17, 15) is 19.8 Å². The second-order valence-corrected chi connectivity index (χ2v) is 3.72. The van der Waals surface area contributed by atoms with Crippen LogP contribution in [0.15, 0.2) is 0 Å². The third kappa shape index (κ3) is 1.69. The highest BCUT2D eigenvalue weighted by atomic mass is 16.4. The van der Waals surface area contributed by atoms with E-state index in [0.29, 0.717) is 0 Å². The summed E-state index contributed by atoms with van der Waals surface area (Å²) in [7, 11) is 0. The van der Waals surface area contributed by atoms with Gasteiger partial charge < -0.3 is 15.3 Å². The fourth-order valence-corrected chi connectivity index (χ4v) is 1.40. The molecule has 15 heavy (non-hydrogen) atoms. The first-order valence-electron chi connectivity index (χ1n) is 4.49. The van der Waals surface area contributed by atoms with Crippen LogP contribution in [0.3, 0.4) is 0 Å². The van der Waals surface area contributed by atoms with Crippen LogP contribution >= 0.6 is 0 Å². The fraction of sp³-hybridized carbons (Fsp3) is 0.750. The van der Waals surface area contributed by atoms with Crippen molar-refractivity contribution in [3.8, 4) is 0 Å². The Morgan fingerprint density at radius 1 is 1.53 bits per heavy atom. The van der Waals surface area contributed by atoms with Crippen molar-refractivity contribution in [3.63, 3.8) is 0 Å². The van der Waals surface area contributed by atoms with Crippen LogP contribution in [-0.2, 0) is 4.79 Å². The van der Waals surface area contributed by atoms with Crippen molar-refractivity contribution in [2.75, 3.05) is 6.61 Å². The van der Waals surface area contributed by atoms with E-state index in [-0.39, 0.29) is 0 Å². The van der Waals surface area contributed by atoms with E-state index in [1.807, 2.05) is 5.32 Å². The van der Waals surface area contributed by atoms with Crippen molar-refractivity contribution in [2.24, 2.45) is 0 Å². The maximum absolute atomic E-state index is 11.3. The van der Waals surface area contributed by atoms with Crippen LogP contribution in [0.1, 0.15) is 13.8 Å². The van der Waals surface area contributed by atoms with Gasteiger partial charge in [-0.1, -0.05) is 0 Å². The molecule has 0 aromatic heterocycles. The average Bonchev–Trinajstić information content (AvgIpc) is 2.13. The molecule has 1 saturated heterocycles. The van der Waals surface area contributed by atoms with Crippen molar-refractivity contribution >= 4 is 11.9 Å². The highest BCUT2D eigenvalue weighted by Crippen LogP contribution is 2.21. The van der Waals surface area contributed by atoms with E-state index >= 15 is 0 Å². The molecule has 0 radical (unpaired) electrons. The van der Waals surface area contributed by atoms with Crippen LogP contribution in [0.4, 0.5) is 4.79 Å². The summed E-state index contributed by atoms with van der Waals surface area (Å²) < 4.78 is 0. The number of carbonyl (C=O) groups excluding carboxylic acids is 2. The lowest BCUT2D eigenvalue weighted by atomic mass is 9.98. The molecular weight excluding hydrogens is 204 g/mol. The molecule has 1 fully saturated rings. The number of imide groups is 1. The minimum Gasteiger partial charge on any atom is -0.393 e. The Labute approximate surface area is 86.3 Å². The molecule has 4 N–H and O–H groups in total. The van der Waals surface area contributed by atoms with Gasteiger partial charge in [0.05, 0.1) is 6.61 Å². The largest absolute Gasteiger partial charge is 0.393 e. The van der Waals surface area contributed by atoms with Gasteiger partial charge in [0, 0.05) is 6.04 Å². The number of nitrogens with zero attached hydrogens (tertiary/aromatic N) is 1. The quantitative estimate of drug-likeness (QED) is 0.428. The first-order chi connectivity index (χ1) is 6.84. The molecule has 1 aliphatic rings. The standard InChI is InChI=1S/C8H14N2O5/c1-4(2)10-6(13)8(15,3-11)5(12)9-7(10)14/h4,6,11,13,15H,3H2,1-2H3,(H,9,12,14). The van der Waals surface area contributed by atoms with Crippen molar-refractivity contribution in [3.05, 3.63) is 0 Å². The smallest absolute Gasteiger partial charge is 0.326 e. The Balaban J connectivity index is 3.05. The molecule has 0 aromatic rings. The first kappa shape index (κ1) is 11.9. The van der Waals surface area contributed by atoms with Crippen LogP contribution in [0.25, 0.3) is 0 Å². The molecule has 1 aliphatic heterocycles. The van der Waals surface area contributed by atoms with Gasteiger partial charge in [-0.05, 0) is 13.8 Å². The zero-order valence-corrected chi connectivity index (χ0v) is 8.47. The first-order valence-corrected chi connectivity index (χ1v) is 4.49. The number of carbonyl (C=O) groups is 2. The molecular formula is C8H14N2O5. The van der Waals surface area contributed by atoms with Crippen LogP contribution in [0, 0.1) is 0 Å². The summed E-state index contributed by atoms with van der Waals surface area (Å²) in [6, 6.07) is -1.20. The summed E-state index contributed by atoms with van der Waals surface area (Å²) in [4.78, 5) is 23.4. The Morgan fingerprint density at radius 3 is 2.47 bits per heavy atom. The number of urea groups is 1. The number of rotatable bonds is 2. The van der Waals surface area contributed by atoms with E-state index in [1.165, 1.54) is 0 Å². The van der Waals surface area contributed by atoms with Gasteiger partial charge >= 0.3 is 6.03 Å². The minimum atomic E-state index is -2.36. The van der Waals surface area contributed by atoms with Crippen LogP contribution in [-0.4, -0.2) is 56.6 Å². The molecule has 2 unspecified atom stereocenters. The van der Waals surface area contributed by atoms with Crippen molar-refractivity contribution in [2.45, 2.75) is 31.7 Å². The molecule has 0 saturated carbocycles. The lowest BCUT2D eigenvalue weighted by Crippen LogP contribution is -2.72. The zero-order chi connectivity index (χ0) is 11.8. The number of nitrogens with one attached hydrogen (secondary N) is 1. The number of hydrogen-bond donors (Lipinski definition) is 4. The molecule has 1 heterocycles. The maximum Gasteiger partial charge on any atom is 0.326 e. The van der Waals surface area contributed by atoms with E-state index in [0.717, 1.165) is 4.90 Å². The van der Waals surface area contributed by atoms with Crippen molar-refractivity contribution in [1.29, 1.82) is 0 Å². The molecule has 0 aromatic carbocycles. The van der Waals surface area contributed by atoms with Crippen LogP contribution in [0.2, 0.25) is 0 Å². The van der Waals surface area contributed by atoms with Crippen LogP contribution in [0.5, 0.6) is 0 Å². The number of amides is 3. The Kier molecular flexibility index (Phi) is 2.98. The van der Waals surface area contributed by atoms with Gasteiger partial charge in [0.25, 0.3) is 5.91 Å². The van der Waals surface area contributed by atoms with Crippen LogP contribution < -0.4 is 5.32 Å². The van der Waals surface area contributed by atoms with Gasteiger partial charge in [-0.2, -0.15) is 0 Å². The molecule has 0 spiro atoms. The predicted octanol–water partition coefficient (Wildman–Crippen LogP) is -2.01. The summed E-state index contributed by atoms with van der Waals surface area (Å²) in [6.45, 7) is 2.25. The minimum absolute atomic E-state index is 0.411. The maximum atomic E-state index is 11.3. The summed E-state index contributed by atoms with van der Waals surface area (Å²) in [6.07, 6.45) is -1.75. The monoisotopic (exact) mass is 218 g/mol. The van der Waals surface area contributed by atoms with Crippen molar-refractivity contribution in [1.82, 2.24) is 10.2 Å². The highest BCUT2D eigenvalue weighted by molar-refractivity contribution is 6.02. The molecule has 7 heteroatoms. The zero-order valence-electron chi connectivity index (χ0n) is 8.47. The molecule has 3 amide bonds. The molecule has 7 nitrogen and oxygen atoms in total. The van der Waals surface area contributed by atoms with E-state index in [4.69, 9.17) is 5.11 Å². The Hall–Kier alpha value is -1.18. The van der Waals surface area contributed by atoms with Gasteiger partial charge in [-0.25, -0.2) is 4.79 Å². The summed E-state index contributed by atoms with van der Waals surface area (Å²) >= 11 is 0. The molecule has 0 bridgehead atoms. The summed E-state index contributed by atoms with van der Waals surface area (Å²) in [5, 5.41) is 30.0. The predicted molar refractivity (Wildman–Crippen MR) is 48.6 cm³/mol. The third-order valence-electron chi connectivity index (χ3n) is 2.34. The number of aliphatic hydroxyl groups excluding tert-OH is 2. The van der Waals surface area contributed by atoms with Gasteiger partial charge in [0.1, 0.15) is 0 Å². The second kappa shape index (κ2) is 3.76. The Bertz CT molecular complexity index is 293. The summed E-state index contributed by atoms with van der Waals surface area (Å²) in [5.74, 6) is -1.10. The lowest BCUT2D eigenvalue weighted by Gasteiger charge is -2.43. The summed E-state index contributed by atoms with van der Waals surface area (Å²) in [5.41, 5.74) is -2.36. The van der Waals surface area contributed by atoms with Gasteiger partial charge in [0.2, 0.25) is 5.60 Å². The average molecular weight is 218 g/mol. The molecule has 86 valence electrons. The third-order valence-corrected chi connectivity index (χ3v) is 2.34. The second-order valence-electron chi connectivity index (χ2n) is 3.72. The Morgan fingerprint density at radius 2 is 2.07 bits per heavy atom. The normalized spacial score (nSPS) is 32.1. The molecule has 1 rings (SSSR count). The fourth-order valence-electron chi connectivity index (χ4n) is 1.40. The van der Waals surface area contributed by atoms with Gasteiger partial charge in [-0.3, -0.25) is 15.0 Å².